The summed E-state index contributed by atoms with van der Waals surface area (Å²) in [6, 6.07) is 8.74. The van der Waals surface area contributed by atoms with Gasteiger partial charge in [-0.25, -0.2) is 4.79 Å². The minimum absolute atomic E-state index is 0.121. The van der Waals surface area contributed by atoms with Crippen LogP contribution in [0.3, 0.4) is 0 Å². The van der Waals surface area contributed by atoms with Gasteiger partial charge < -0.3 is 10.6 Å². The van der Waals surface area contributed by atoms with E-state index in [1.54, 1.807) is 0 Å². The molecule has 1 aromatic rings. The van der Waals surface area contributed by atoms with Crippen LogP contribution in [-0.2, 0) is 6.42 Å². The highest BCUT2D eigenvalue weighted by molar-refractivity contribution is 5.94. The van der Waals surface area contributed by atoms with Gasteiger partial charge in [0, 0.05) is 24.8 Å². The lowest BCUT2D eigenvalue weighted by atomic mass is 10.1. The second kappa shape index (κ2) is 6.75. The molecule has 1 aliphatic heterocycles. The number of hydrogen-bond donors (Lipinski definition) is 1. The number of urea groups is 1. The van der Waals surface area contributed by atoms with Crippen LogP contribution >= 0.6 is 0 Å². The van der Waals surface area contributed by atoms with E-state index in [0.29, 0.717) is 0 Å². The molecule has 1 aliphatic rings. The first-order chi connectivity index (χ1) is 9.63. The number of hydrogen-bond acceptors (Lipinski definition) is 2. The van der Waals surface area contributed by atoms with Crippen molar-refractivity contribution < 1.29 is 4.79 Å². The Labute approximate surface area is 121 Å². The van der Waals surface area contributed by atoms with Crippen LogP contribution in [0.1, 0.15) is 32.3 Å². The average Bonchev–Trinajstić information content (AvgIpc) is 2.82. The molecule has 0 unspecified atom stereocenters. The number of amides is 2. The van der Waals surface area contributed by atoms with E-state index in [9.17, 15) is 4.79 Å². The molecule has 0 aliphatic carbocycles. The molecule has 0 radical (unpaired) electrons. The van der Waals surface area contributed by atoms with Gasteiger partial charge in [0.2, 0.25) is 0 Å². The molecule has 1 heterocycles. The number of benzene rings is 1. The fourth-order valence-corrected chi connectivity index (χ4v) is 2.59. The summed E-state index contributed by atoms with van der Waals surface area (Å²) in [5.41, 5.74) is 7.82. The maximum absolute atomic E-state index is 12.3. The van der Waals surface area contributed by atoms with Crippen molar-refractivity contribution in [3.63, 3.8) is 0 Å². The van der Waals surface area contributed by atoms with Gasteiger partial charge in [0.25, 0.3) is 0 Å². The Balaban J connectivity index is 1.98. The molecule has 1 aromatic carbocycles. The minimum Gasteiger partial charge on any atom is -0.330 e. The molecule has 0 atom stereocenters. The molecule has 0 bridgehead atoms. The van der Waals surface area contributed by atoms with Gasteiger partial charge in [-0.05, 0) is 57.4 Å². The zero-order valence-electron chi connectivity index (χ0n) is 12.5. The summed E-state index contributed by atoms with van der Waals surface area (Å²) in [6.07, 6.45) is 3.25. The number of rotatable bonds is 6. The van der Waals surface area contributed by atoms with Gasteiger partial charge in [-0.3, -0.25) is 4.90 Å². The van der Waals surface area contributed by atoms with Crippen LogP contribution < -0.4 is 10.6 Å². The third-order valence-corrected chi connectivity index (χ3v) is 3.83. The summed E-state index contributed by atoms with van der Waals surface area (Å²) in [5, 5.41) is 0. The lowest BCUT2D eigenvalue weighted by Crippen LogP contribution is -2.36. The van der Waals surface area contributed by atoms with E-state index >= 15 is 0 Å². The molecular weight excluding hydrogens is 250 g/mol. The Bertz CT molecular complexity index is 442. The second-order valence-corrected chi connectivity index (χ2v) is 5.63. The normalized spacial score (nSPS) is 15.5. The van der Waals surface area contributed by atoms with Crippen molar-refractivity contribution in [2.45, 2.75) is 39.2 Å². The highest BCUT2D eigenvalue weighted by atomic mass is 16.2. The van der Waals surface area contributed by atoms with Gasteiger partial charge in [-0.2, -0.15) is 0 Å². The monoisotopic (exact) mass is 275 g/mol. The Hall–Kier alpha value is -1.55. The zero-order chi connectivity index (χ0) is 14.5. The molecule has 2 rings (SSSR count). The van der Waals surface area contributed by atoms with Crippen LogP contribution in [0.5, 0.6) is 0 Å². The summed E-state index contributed by atoms with van der Waals surface area (Å²) in [6.45, 7) is 6.47. The smallest absolute Gasteiger partial charge is 0.324 e. The topological polar surface area (TPSA) is 49.6 Å². The van der Waals surface area contributed by atoms with Gasteiger partial charge in [-0.15, -0.1) is 0 Å². The quantitative estimate of drug-likeness (QED) is 0.811. The van der Waals surface area contributed by atoms with E-state index in [1.165, 1.54) is 5.56 Å². The fraction of sp³-hybridized carbons (Fsp3) is 0.562. The second-order valence-electron chi connectivity index (χ2n) is 5.63. The van der Waals surface area contributed by atoms with Crippen molar-refractivity contribution in [1.82, 2.24) is 4.90 Å². The van der Waals surface area contributed by atoms with E-state index in [2.05, 4.69) is 38.1 Å². The Kier molecular flexibility index (Phi) is 5.01. The number of unbranched alkanes of at least 4 members (excludes halogenated alkanes) is 1. The van der Waals surface area contributed by atoms with Crippen LogP contribution in [0.15, 0.2) is 24.3 Å². The SMILES string of the molecule is CC(C)N1CCN(c2ccc(CCCCN)cc2)C1=O. The third-order valence-electron chi connectivity index (χ3n) is 3.83. The molecule has 4 heteroatoms. The molecule has 110 valence electrons. The van der Waals surface area contributed by atoms with E-state index in [-0.39, 0.29) is 12.1 Å². The number of nitrogens with two attached hydrogens (primary N) is 1. The highest BCUT2D eigenvalue weighted by Gasteiger charge is 2.30. The maximum atomic E-state index is 12.3. The van der Waals surface area contributed by atoms with E-state index in [4.69, 9.17) is 5.73 Å². The highest BCUT2D eigenvalue weighted by Crippen LogP contribution is 2.22. The molecule has 2 amide bonds. The molecule has 0 spiro atoms. The third kappa shape index (κ3) is 3.31. The molecule has 1 saturated heterocycles. The molecule has 1 fully saturated rings. The van der Waals surface area contributed by atoms with Crippen LogP contribution in [0.4, 0.5) is 10.5 Å². The van der Waals surface area contributed by atoms with Crippen molar-refractivity contribution in [1.29, 1.82) is 0 Å². The zero-order valence-corrected chi connectivity index (χ0v) is 12.5. The number of carbonyl (C=O) groups excluding carboxylic acids is 1. The number of carbonyl (C=O) groups is 1. The largest absolute Gasteiger partial charge is 0.330 e. The number of nitrogens with zero attached hydrogens (tertiary/aromatic N) is 2. The first kappa shape index (κ1) is 14.9. The van der Waals surface area contributed by atoms with Crippen molar-refractivity contribution in [3.05, 3.63) is 29.8 Å². The molecule has 20 heavy (non-hydrogen) atoms. The van der Waals surface area contributed by atoms with Crippen LogP contribution in [0, 0.1) is 0 Å². The lowest BCUT2D eigenvalue weighted by molar-refractivity contribution is 0.209. The minimum atomic E-state index is 0.121. The number of aryl methyl sites for hydroxylation is 1. The standard InChI is InChI=1S/C16H25N3O/c1-13(2)18-11-12-19(16(18)20)15-8-6-14(7-9-15)5-3-4-10-17/h6-9,13H,3-5,10-12,17H2,1-2H3. The molecule has 4 nitrogen and oxygen atoms in total. The van der Waals surface area contributed by atoms with Crippen LogP contribution in [0.2, 0.25) is 0 Å². The van der Waals surface area contributed by atoms with Crippen LogP contribution in [0.25, 0.3) is 0 Å². The average molecular weight is 275 g/mol. The van der Waals surface area contributed by atoms with Crippen molar-refractivity contribution in [3.8, 4) is 0 Å². The predicted octanol–water partition coefficient (Wildman–Crippen LogP) is 2.62. The summed E-state index contributed by atoms with van der Waals surface area (Å²) in [7, 11) is 0. The Morgan fingerprint density at radius 1 is 1.15 bits per heavy atom. The van der Waals surface area contributed by atoms with Crippen molar-refractivity contribution in [2.24, 2.45) is 5.73 Å². The molecule has 0 aromatic heterocycles. The summed E-state index contributed by atoms with van der Waals surface area (Å²) >= 11 is 0. The van der Waals surface area contributed by atoms with Gasteiger partial charge in [-0.1, -0.05) is 12.1 Å². The lowest BCUT2D eigenvalue weighted by Gasteiger charge is -2.21. The predicted molar refractivity (Wildman–Crippen MR) is 83.0 cm³/mol. The van der Waals surface area contributed by atoms with Crippen molar-refractivity contribution in [2.75, 3.05) is 24.5 Å². The summed E-state index contributed by atoms with van der Waals surface area (Å²) in [5.74, 6) is 0. The molecular formula is C16H25N3O. The Morgan fingerprint density at radius 2 is 1.85 bits per heavy atom. The fourth-order valence-electron chi connectivity index (χ4n) is 2.59. The molecule has 0 saturated carbocycles. The van der Waals surface area contributed by atoms with E-state index in [1.807, 2.05) is 9.80 Å². The number of anilines is 1. The Morgan fingerprint density at radius 3 is 2.40 bits per heavy atom. The van der Waals surface area contributed by atoms with Crippen LogP contribution in [-0.4, -0.2) is 36.6 Å². The maximum Gasteiger partial charge on any atom is 0.324 e. The first-order valence-corrected chi connectivity index (χ1v) is 7.50. The molecule has 2 N–H and O–H groups in total. The van der Waals surface area contributed by atoms with Gasteiger partial charge in [0.05, 0.1) is 0 Å². The summed E-state index contributed by atoms with van der Waals surface area (Å²) in [4.78, 5) is 16.1. The summed E-state index contributed by atoms with van der Waals surface area (Å²) < 4.78 is 0. The van der Waals surface area contributed by atoms with Gasteiger partial charge in [0.1, 0.15) is 0 Å². The first-order valence-electron chi connectivity index (χ1n) is 7.50. The van der Waals surface area contributed by atoms with E-state index in [0.717, 1.165) is 44.6 Å². The van der Waals surface area contributed by atoms with Gasteiger partial charge in [0.15, 0.2) is 0 Å². The van der Waals surface area contributed by atoms with E-state index < -0.39 is 0 Å². The van der Waals surface area contributed by atoms with Crippen molar-refractivity contribution >= 4 is 11.7 Å². The van der Waals surface area contributed by atoms with Gasteiger partial charge >= 0.3 is 6.03 Å².